The van der Waals surface area contributed by atoms with E-state index in [2.05, 4.69) is 10.3 Å². The molecule has 0 aliphatic heterocycles. The Hall–Kier alpha value is -2.41. The average Bonchev–Trinajstić information content (AvgIpc) is 2.59. The molecule has 0 saturated carbocycles. The number of carbonyl (C=O) groups excluding carboxylic acids is 1. The minimum Gasteiger partial charge on any atom is -0.481 e. The van der Waals surface area contributed by atoms with Gasteiger partial charge in [-0.05, 0) is 17.7 Å². The van der Waals surface area contributed by atoms with Crippen molar-refractivity contribution in [2.24, 2.45) is 0 Å². The van der Waals surface area contributed by atoms with Crippen LogP contribution in [0.3, 0.4) is 0 Å². The summed E-state index contributed by atoms with van der Waals surface area (Å²) in [5.41, 5.74) is 0.810. The van der Waals surface area contributed by atoms with Crippen molar-refractivity contribution < 1.29 is 17.9 Å². The quantitative estimate of drug-likeness (QED) is 0.831. The van der Waals surface area contributed by atoms with Gasteiger partial charge in [0.15, 0.2) is 9.84 Å². The highest BCUT2D eigenvalue weighted by Crippen LogP contribution is 2.11. The Morgan fingerprint density at radius 2 is 1.91 bits per heavy atom. The van der Waals surface area contributed by atoms with Crippen LogP contribution in [0.2, 0.25) is 0 Å². The molecule has 0 bridgehead atoms. The van der Waals surface area contributed by atoms with Gasteiger partial charge in [0.1, 0.15) is 0 Å². The molecule has 0 radical (unpaired) electrons. The Labute approximate surface area is 135 Å². The number of hydrogen-bond donors (Lipinski definition) is 1. The average molecular weight is 334 g/mol. The predicted octanol–water partition coefficient (Wildman–Crippen LogP) is 1.57. The zero-order valence-electron chi connectivity index (χ0n) is 12.7. The third-order valence-corrected chi connectivity index (χ3v) is 4.93. The van der Waals surface area contributed by atoms with Crippen molar-refractivity contribution >= 4 is 15.7 Å². The van der Waals surface area contributed by atoms with Gasteiger partial charge in [-0.2, -0.15) is 0 Å². The van der Waals surface area contributed by atoms with Gasteiger partial charge in [0.25, 0.3) is 0 Å². The van der Waals surface area contributed by atoms with Crippen molar-refractivity contribution in [3.05, 3.63) is 54.2 Å². The van der Waals surface area contributed by atoms with E-state index in [-0.39, 0.29) is 23.0 Å². The molecule has 0 spiro atoms. The first-order valence-corrected chi connectivity index (χ1v) is 8.70. The number of amides is 1. The summed E-state index contributed by atoms with van der Waals surface area (Å²) in [7, 11) is -1.91. The van der Waals surface area contributed by atoms with Crippen LogP contribution in [0, 0.1) is 0 Å². The lowest BCUT2D eigenvalue weighted by atomic mass is 10.3. The van der Waals surface area contributed by atoms with Gasteiger partial charge in [0.05, 0.1) is 17.8 Å². The summed E-state index contributed by atoms with van der Waals surface area (Å²) in [6, 6.07) is 11.6. The van der Waals surface area contributed by atoms with E-state index in [1.165, 1.54) is 19.2 Å². The van der Waals surface area contributed by atoms with E-state index < -0.39 is 9.84 Å². The first kappa shape index (κ1) is 17.0. The van der Waals surface area contributed by atoms with Crippen LogP contribution in [0.1, 0.15) is 12.0 Å². The number of hydrogen-bond acceptors (Lipinski definition) is 5. The summed E-state index contributed by atoms with van der Waals surface area (Å²) in [4.78, 5) is 16.1. The molecule has 1 aromatic heterocycles. The molecule has 0 saturated heterocycles. The largest absolute Gasteiger partial charge is 0.481 e. The first-order chi connectivity index (χ1) is 11.0. The number of carbonyl (C=O) groups is 1. The number of nitrogens with one attached hydrogen (secondary N) is 1. The fraction of sp³-hybridized carbons (Fsp3) is 0.250. The van der Waals surface area contributed by atoms with E-state index in [0.717, 1.165) is 5.56 Å². The minimum absolute atomic E-state index is 0.0825. The van der Waals surface area contributed by atoms with Gasteiger partial charge in [-0.15, -0.1) is 0 Å². The van der Waals surface area contributed by atoms with Crippen LogP contribution in [-0.2, 0) is 21.2 Å². The number of pyridine rings is 1. The molecule has 2 rings (SSSR count). The number of nitrogens with zero attached hydrogens (tertiary/aromatic N) is 1. The van der Waals surface area contributed by atoms with E-state index in [4.69, 9.17) is 4.74 Å². The molecule has 23 heavy (non-hydrogen) atoms. The Bertz CT molecular complexity index is 743. The highest BCUT2D eigenvalue weighted by molar-refractivity contribution is 7.91. The lowest BCUT2D eigenvalue weighted by Gasteiger charge is -2.07. The number of methoxy groups -OCH3 is 1. The number of aromatic nitrogens is 1. The van der Waals surface area contributed by atoms with Crippen LogP contribution >= 0.6 is 0 Å². The Morgan fingerprint density at radius 1 is 1.17 bits per heavy atom. The molecular formula is C16H18N2O4S. The Balaban J connectivity index is 1.83. The Morgan fingerprint density at radius 3 is 2.52 bits per heavy atom. The van der Waals surface area contributed by atoms with E-state index in [9.17, 15) is 13.2 Å². The van der Waals surface area contributed by atoms with Crippen molar-refractivity contribution in [1.29, 1.82) is 0 Å². The number of benzene rings is 1. The van der Waals surface area contributed by atoms with Crippen LogP contribution in [0.15, 0.2) is 53.6 Å². The summed E-state index contributed by atoms with van der Waals surface area (Å²) < 4.78 is 29.1. The molecule has 2 aromatic rings. The van der Waals surface area contributed by atoms with Crippen LogP contribution in [0.25, 0.3) is 0 Å². The van der Waals surface area contributed by atoms with E-state index in [1.807, 2.05) is 0 Å². The van der Waals surface area contributed by atoms with Gasteiger partial charge in [0, 0.05) is 25.2 Å². The molecule has 0 atom stereocenters. The molecule has 0 aliphatic rings. The lowest BCUT2D eigenvalue weighted by molar-refractivity contribution is -0.120. The van der Waals surface area contributed by atoms with Crippen molar-refractivity contribution in [3.63, 3.8) is 0 Å². The van der Waals surface area contributed by atoms with Crippen LogP contribution in [0.4, 0.5) is 0 Å². The molecule has 1 aromatic carbocycles. The summed E-state index contributed by atoms with van der Waals surface area (Å²) >= 11 is 0. The summed E-state index contributed by atoms with van der Waals surface area (Å²) in [6.07, 6.45) is 1.51. The summed E-state index contributed by atoms with van der Waals surface area (Å²) in [6.45, 7) is 0.293. The van der Waals surface area contributed by atoms with Gasteiger partial charge in [-0.25, -0.2) is 13.4 Å². The first-order valence-electron chi connectivity index (χ1n) is 7.05. The number of rotatable bonds is 7. The number of sulfone groups is 1. The number of ether oxygens (including phenoxy) is 1. The molecule has 6 nitrogen and oxygen atoms in total. The summed E-state index contributed by atoms with van der Waals surface area (Å²) in [5.74, 6) is -0.0432. The lowest BCUT2D eigenvalue weighted by Crippen LogP contribution is -2.25. The van der Waals surface area contributed by atoms with Gasteiger partial charge >= 0.3 is 0 Å². The predicted molar refractivity (Wildman–Crippen MR) is 85.7 cm³/mol. The monoisotopic (exact) mass is 334 g/mol. The Kier molecular flexibility index (Phi) is 5.70. The fourth-order valence-electron chi connectivity index (χ4n) is 1.90. The van der Waals surface area contributed by atoms with E-state index in [0.29, 0.717) is 12.4 Å². The standard InChI is InChI=1S/C16H18N2O4S/c1-22-16-8-7-13(12-18-16)11-17-15(19)9-10-23(20,21)14-5-3-2-4-6-14/h2-8,12H,9-11H2,1H3,(H,17,19). The van der Waals surface area contributed by atoms with Crippen molar-refractivity contribution in [3.8, 4) is 5.88 Å². The highest BCUT2D eigenvalue weighted by atomic mass is 32.2. The third kappa shape index (κ3) is 5.07. The molecule has 1 amide bonds. The van der Waals surface area contributed by atoms with Crippen LogP contribution in [0.5, 0.6) is 5.88 Å². The smallest absolute Gasteiger partial charge is 0.221 e. The SMILES string of the molecule is COc1ccc(CNC(=O)CCS(=O)(=O)c2ccccc2)cn1. The van der Waals surface area contributed by atoms with Gasteiger partial charge < -0.3 is 10.1 Å². The van der Waals surface area contributed by atoms with Crippen molar-refractivity contribution in [1.82, 2.24) is 10.3 Å². The van der Waals surface area contributed by atoms with Gasteiger partial charge in [0.2, 0.25) is 11.8 Å². The summed E-state index contributed by atoms with van der Waals surface area (Å²) in [5, 5.41) is 2.68. The molecule has 1 N–H and O–H groups in total. The molecule has 1 heterocycles. The van der Waals surface area contributed by atoms with Gasteiger partial charge in [-0.1, -0.05) is 24.3 Å². The minimum atomic E-state index is -3.44. The maximum atomic E-state index is 12.1. The second kappa shape index (κ2) is 7.73. The maximum absolute atomic E-state index is 12.1. The maximum Gasteiger partial charge on any atom is 0.221 e. The van der Waals surface area contributed by atoms with Gasteiger partial charge in [-0.3, -0.25) is 4.79 Å². The third-order valence-electron chi connectivity index (χ3n) is 3.20. The van der Waals surface area contributed by atoms with E-state index in [1.54, 1.807) is 36.5 Å². The molecular weight excluding hydrogens is 316 g/mol. The second-order valence-corrected chi connectivity index (χ2v) is 6.98. The second-order valence-electron chi connectivity index (χ2n) is 4.87. The van der Waals surface area contributed by atoms with Crippen molar-refractivity contribution in [2.45, 2.75) is 17.9 Å². The molecule has 0 fully saturated rings. The molecule has 122 valence electrons. The van der Waals surface area contributed by atoms with E-state index >= 15 is 0 Å². The fourth-order valence-corrected chi connectivity index (χ4v) is 3.16. The molecule has 0 unspecified atom stereocenters. The van der Waals surface area contributed by atoms with Crippen LogP contribution < -0.4 is 10.1 Å². The van der Waals surface area contributed by atoms with Crippen molar-refractivity contribution in [2.75, 3.05) is 12.9 Å². The normalized spacial score (nSPS) is 11.0. The zero-order chi connectivity index (χ0) is 16.7. The highest BCUT2D eigenvalue weighted by Gasteiger charge is 2.15. The molecule has 7 heteroatoms. The zero-order valence-corrected chi connectivity index (χ0v) is 13.5. The van der Waals surface area contributed by atoms with Crippen LogP contribution in [-0.4, -0.2) is 32.2 Å². The molecule has 0 aliphatic carbocycles. The topological polar surface area (TPSA) is 85.4 Å².